The maximum atomic E-state index is 10.8. The largest absolute Gasteiger partial charge is 0.480 e. The Morgan fingerprint density at radius 2 is 1.55 bits per heavy atom. The molecule has 0 aliphatic rings. The van der Waals surface area contributed by atoms with Gasteiger partial charge in [-0.25, -0.2) is 0 Å². The maximum Gasteiger partial charge on any atom is 0.321 e. The molecule has 10 heteroatoms. The van der Waals surface area contributed by atoms with E-state index in [4.69, 9.17) is 21.1 Å². The molecule has 0 saturated carbocycles. The van der Waals surface area contributed by atoms with E-state index in [2.05, 4.69) is 5.32 Å². The Morgan fingerprint density at radius 1 is 1.05 bits per heavy atom. The minimum absolute atomic E-state index is 0.472. The summed E-state index contributed by atoms with van der Waals surface area (Å²) in [6.07, 6.45) is -7.41. The fourth-order valence-corrected chi connectivity index (χ4v) is 1.39. The first-order valence-corrected chi connectivity index (χ1v) is 5.78. The molecule has 9 N–H and O–H groups in total. The van der Waals surface area contributed by atoms with E-state index < -0.39 is 61.9 Å². The van der Waals surface area contributed by atoms with E-state index in [1.54, 1.807) is 0 Å². The van der Waals surface area contributed by atoms with E-state index in [-0.39, 0.29) is 0 Å². The number of primary amides is 1. The first-order chi connectivity index (χ1) is 9.20. The highest BCUT2D eigenvalue weighted by atomic mass is 16.4. The van der Waals surface area contributed by atoms with Crippen LogP contribution in [0.1, 0.15) is 6.42 Å². The van der Waals surface area contributed by atoms with Crippen molar-refractivity contribution in [3.05, 3.63) is 0 Å². The molecule has 0 aromatic carbocycles. The smallest absolute Gasteiger partial charge is 0.321 e. The van der Waals surface area contributed by atoms with Gasteiger partial charge < -0.3 is 41.7 Å². The number of rotatable bonds is 10. The van der Waals surface area contributed by atoms with Crippen LogP contribution in [0.25, 0.3) is 0 Å². The molecule has 0 radical (unpaired) electrons. The Kier molecular flexibility index (Phi) is 8.22. The average molecular weight is 296 g/mol. The van der Waals surface area contributed by atoms with Crippen molar-refractivity contribution in [1.29, 1.82) is 0 Å². The molecule has 0 rings (SSSR count). The molecule has 118 valence electrons. The molecule has 0 aromatic rings. The highest BCUT2D eigenvalue weighted by Crippen LogP contribution is 2.05. The number of hydrogen-bond donors (Lipinski definition) is 8. The molecule has 0 heterocycles. The van der Waals surface area contributed by atoms with Crippen molar-refractivity contribution >= 4 is 11.9 Å². The summed E-state index contributed by atoms with van der Waals surface area (Å²) >= 11 is 0. The predicted molar refractivity (Wildman–Crippen MR) is 64.4 cm³/mol. The summed E-state index contributed by atoms with van der Waals surface area (Å²) in [4.78, 5) is 21.4. The molecule has 4 unspecified atom stereocenters. The molecule has 10 nitrogen and oxygen atoms in total. The van der Waals surface area contributed by atoms with Gasteiger partial charge in [0.25, 0.3) is 0 Å². The van der Waals surface area contributed by atoms with Crippen LogP contribution >= 0.6 is 0 Å². The van der Waals surface area contributed by atoms with Crippen molar-refractivity contribution in [2.24, 2.45) is 5.73 Å². The Balaban J connectivity index is 4.40. The zero-order valence-corrected chi connectivity index (χ0v) is 10.6. The third-order valence-corrected chi connectivity index (χ3v) is 2.60. The lowest BCUT2D eigenvalue weighted by Gasteiger charge is -2.26. The average Bonchev–Trinajstić information content (AvgIpc) is 2.39. The molecule has 0 fully saturated rings. The second-order valence-corrected chi connectivity index (χ2v) is 4.27. The second-order valence-electron chi connectivity index (χ2n) is 4.27. The van der Waals surface area contributed by atoms with Gasteiger partial charge in [-0.3, -0.25) is 9.59 Å². The van der Waals surface area contributed by atoms with Crippen molar-refractivity contribution in [2.75, 3.05) is 13.2 Å². The summed E-state index contributed by atoms with van der Waals surface area (Å²) in [7, 11) is 0. The zero-order valence-electron chi connectivity index (χ0n) is 10.6. The topological polar surface area (TPSA) is 194 Å². The van der Waals surface area contributed by atoms with Crippen LogP contribution in [0.15, 0.2) is 0 Å². The van der Waals surface area contributed by atoms with Gasteiger partial charge in [-0.05, 0) is 0 Å². The van der Waals surface area contributed by atoms with E-state index in [1.165, 1.54) is 0 Å². The van der Waals surface area contributed by atoms with Crippen molar-refractivity contribution in [3.63, 3.8) is 0 Å². The van der Waals surface area contributed by atoms with Crippen molar-refractivity contribution < 1.29 is 40.2 Å². The lowest BCUT2D eigenvalue weighted by molar-refractivity contribution is -0.142. The Labute approximate surface area is 114 Å². The van der Waals surface area contributed by atoms with E-state index in [1.807, 2.05) is 0 Å². The van der Waals surface area contributed by atoms with E-state index in [9.17, 15) is 24.9 Å². The monoisotopic (exact) mass is 296 g/mol. The molecule has 0 bridgehead atoms. The van der Waals surface area contributed by atoms with Crippen LogP contribution < -0.4 is 11.1 Å². The van der Waals surface area contributed by atoms with E-state index >= 15 is 0 Å². The number of carboxylic acids is 1. The number of amides is 1. The third kappa shape index (κ3) is 6.23. The number of aliphatic hydroxyl groups is 5. The zero-order chi connectivity index (χ0) is 15.9. The Bertz CT molecular complexity index is 326. The van der Waals surface area contributed by atoms with Crippen LogP contribution in [0.4, 0.5) is 0 Å². The quantitative estimate of drug-likeness (QED) is 0.195. The van der Waals surface area contributed by atoms with Crippen LogP contribution in [0.3, 0.4) is 0 Å². The third-order valence-electron chi connectivity index (χ3n) is 2.60. The summed E-state index contributed by atoms with van der Waals surface area (Å²) in [5.41, 5.74) is 4.85. The molecule has 20 heavy (non-hydrogen) atoms. The SMILES string of the molecule is NC(=O)C[C@H](NCC(O)C(O)C(O)C(O)CO)C(=O)O. The molecule has 5 atom stereocenters. The van der Waals surface area contributed by atoms with Crippen molar-refractivity contribution in [1.82, 2.24) is 5.32 Å². The van der Waals surface area contributed by atoms with Gasteiger partial charge in [0.05, 0.1) is 19.1 Å². The van der Waals surface area contributed by atoms with Gasteiger partial charge in [0.2, 0.25) is 5.91 Å². The van der Waals surface area contributed by atoms with Crippen LogP contribution in [-0.2, 0) is 9.59 Å². The minimum Gasteiger partial charge on any atom is -0.480 e. The number of nitrogens with two attached hydrogens (primary N) is 1. The summed E-state index contributed by atoms with van der Waals surface area (Å²) in [6, 6.07) is -1.35. The van der Waals surface area contributed by atoms with Gasteiger partial charge in [0, 0.05) is 6.54 Å². The number of carbonyl (C=O) groups excluding carboxylic acids is 1. The number of aliphatic hydroxyl groups excluding tert-OH is 5. The fourth-order valence-electron chi connectivity index (χ4n) is 1.39. The fraction of sp³-hybridized carbons (Fsp3) is 0.800. The molecular formula is C10H20N2O8. The summed E-state index contributed by atoms with van der Waals surface area (Å²) in [6.45, 7) is -1.29. The Morgan fingerprint density at radius 3 is 1.95 bits per heavy atom. The number of aliphatic carboxylic acids is 1. The molecular weight excluding hydrogens is 276 g/mol. The Hall–Kier alpha value is -1.30. The minimum atomic E-state index is -1.81. The van der Waals surface area contributed by atoms with Crippen molar-refractivity contribution in [2.45, 2.75) is 36.9 Å². The maximum absolute atomic E-state index is 10.8. The molecule has 0 spiro atoms. The summed E-state index contributed by atoms with van der Waals surface area (Å²) in [5.74, 6) is -2.24. The molecule has 0 aromatic heterocycles. The van der Waals surface area contributed by atoms with E-state index in [0.717, 1.165) is 0 Å². The van der Waals surface area contributed by atoms with Gasteiger partial charge in [0.15, 0.2) is 0 Å². The first-order valence-electron chi connectivity index (χ1n) is 5.78. The lowest BCUT2D eigenvalue weighted by Crippen LogP contribution is -2.51. The molecule has 0 aliphatic carbocycles. The first kappa shape index (κ1) is 18.7. The normalized spacial score (nSPS) is 18.9. The van der Waals surface area contributed by atoms with Crippen LogP contribution in [-0.4, -0.2) is 86.1 Å². The number of nitrogens with one attached hydrogen (secondary N) is 1. The number of carboxylic acid groups (broad SMARTS) is 1. The highest BCUT2D eigenvalue weighted by molar-refractivity contribution is 5.83. The number of carbonyl (C=O) groups is 2. The van der Waals surface area contributed by atoms with Gasteiger partial charge in [-0.1, -0.05) is 0 Å². The predicted octanol–water partition coefficient (Wildman–Crippen LogP) is -4.66. The van der Waals surface area contributed by atoms with Gasteiger partial charge in [-0.15, -0.1) is 0 Å². The van der Waals surface area contributed by atoms with Gasteiger partial charge in [0.1, 0.15) is 24.4 Å². The standard InChI is InChI=1S/C10H20N2O8/c11-7(16)1-4(10(19)20)12-2-5(14)8(17)9(18)6(15)3-13/h4-6,8-9,12-15,17-18H,1-3H2,(H2,11,16)(H,19,20)/t4-,5?,6?,8?,9?/m0/s1. The van der Waals surface area contributed by atoms with Crippen LogP contribution in [0.5, 0.6) is 0 Å². The van der Waals surface area contributed by atoms with Crippen LogP contribution in [0.2, 0.25) is 0 Å². The summed E-state index contributed by atoms with van der Waals surface area (Å²) < 4.78 is 0. The van der Waals surface area contributed by atoms with E-state index in [0.29, 0.717) is 0 Å². The summed E-state index contributed by atoms with van der Waals surface area (Å²) in [5, 5.41) is 57.0. The highest BCUT2D eigenvalue weighted by Gasteiger charge is 2.31. The molecule has 0 aliphatic heterocycles. The lowest BCUT2D eigenvalue weighted by atomic mass is 10.0. The van der Waals surface area contributed by atoms with Crippen molar-refractivity contribution in [3.8, 4) is 0 Å². The van der Waals surface area contributed by atoms with Gasteiger partial charge in [-0.2, -0.15) is 0 Å². The molecule has 1 amide bonds. The number of hydrogen-bond acceptors (Lipinski definition) is 8. The van der Waals surface area contributed by atoms with Gasteiger partial charge >= 0.3 is 5.97 Å². The molecule has 0 saturated heterocycles. The second kappa shape index (κ2) is 8.79. The van der Waals surface area contributed by atoms with Crippen LogP contribution in [0, 0.1) is 0 Å².